The summed E-state index contributed by atoms with van der Waals surface area (Å²) in [7, 11) is 0. The lowest BCUT2D eigenvalue weighted by molar-refractivity contribution is -0.147. The van der Waals surface area contributed by atoms with Gasteiger partial charge in [0.25, 0.3) is 0 Å². The van der Waals surface area contributed by atoms with Gasteiger partial charge in [-0.25, -0.2) is 4.79 Å². The Balaban J connectivity index is 2.18. The van der Waals surface area contributed by atoms with Gasteiger partial charge in [0.15, 0.2) is 0 Å². The van der Waals surface area contributed by atoms with Crippen molar-refractivity contribution in [2.45, 2.75) is 19.4 Å². The van der Waals surface area contributed by atoms with E-state index >= 15 is 0 Å². The average Bonchev–Trinajstić information content (AvgIpc) is 2.80. The molecule has 0 bridgehead atoms. The molecule has 1 fully saturated rings. The van der Waals surface area contributed by atoms with Gasteiger partial charge in [0.1, 0.15) is 6.04 Å². The zero-order chi connectivity index (χ0) is 15.6. The van der Waals surface area contributed by atoms with Gasteiger partial charge in [0, 0.05) is 28.2 Å². The Labute approximate surface area is 133 Å². The van der Waals surface area contributed by atoms with Crippen LogP contribution in [0.3, 0.4) is 0 Å². The summed E-state index contributed by atoms with van der Waals surface area (Å²) >= 11 is 12.0. The first-order valence-electron chi connectivity index (χ1n) is 6.57. The monoisotopic (exact) mass is 327 g/mol. The molecule has 2 rings (SSSR count). The normalized spacial score (nSPS) is 22.0. The van der Waals surface area contributed by atoms with E-state index in [4.69, 9.17) is 23.2 Å². The molecule has 0 saturated carbocycles. The topological polar surface area (TPSA) is 57.6 Å². The van der Waals surface area contributed by atoms with Gasteiger partial charge in [-0.1, -0.05) is 36.2 Å². The molecule has 4 nitrogen and oxygen atoms in total. The molecule has 0 aliphatic carbocycles. The molecule has 112 valence electrons. The predicted molar refractivity (Wildman–Crippen MR) is 82.4 cm³/mol. The van der Waals surface area contributed by atoms with Crippen molar-refractivity contribution in [2.24, 2.45) is 5.92 Å². The van der Waals surface area contributed by atoms with Gasteiger partial charge in [-0.15, -0.1) is 0 Å². The fraction of sp³-hybridized carbons (Fsp3) is 0.333. The molecule has 1 aromatic rings. The van der Waals surface area contributed by atoms with Crippen LogP contribution >= 0.6 is 23.2 Å². The molecule has 1 aliphatic rings. The number of carboxylic acid groups (broad SMARTS) is 1. The van der Waals surface area contributed by atoms with Crippen molar-refractivity contribution < 1.29 is 14.7 Å². The Bertz CT molecular complexity index is 580. The lowest BCUT2D eigenvalue weighted by Gasteiger charge is -2.21. The molecular weight excluding hydrogens is 313 g/mol. The van der Waals surface area contributed by atoms with Gasteiger partial charge < -0.3 is 10.0 Å². The first kappa shape index (κ1) is 15.9. The van der Waals surface area contributed by atoms with Gasteiger partial charge in [0.2, 0.25) is 5.91 Å². The van der Waals surface area contributed by atoms with Crippen LogP contribution in [0.1, 0.15) is 18.9 Å². The summed E-state index contributed by atoms with van der Waals surface area (Å²) in [5.41, 5.74) is 0.549. The number of carbonyl (C=O) groups is 2. The number of hydrogen-bond acceptors (Lipinski definition) is 2. The summed E-state index contributed by atoms with van der Waals surface area (Å²) in [5, 5.41) is 10.1. The van der Waals surface area contributed by atoms with Crippen molar-refractivity contribution in [2.75, 3.05) is 6.54 Å². The summed E-state index contributed by atoms with van der Waals surface area (Å²) in [6, 6.07) is 4.29. The number of halogens is 2. The van der Waals surface area contributed by atoms with E-state index in [-0.39, 0.29) is 11.8 Å². The van der Waals surface area contributed by atoms with E-state index < -0.39 is 12.0 Å². The molecule has 2 atom stereocenters. The molecule has 1 saturated heterocycles. The highest BCUT2D eigenvalue weighted by atomic mass is 35.5. The third-order valence-corrected chi connectivity index (χ3v) is 4.29. The minimum atomic E-state index is -0.975. The molecule has 1 N–H and O–H groups in total. The van der Waals surface area contributed by atoms with E-state index in [1.165, 1.54) is 17.1 Å². The number of nitrogens with zero attached hydrogens (tertiary/aromatic N) is 1. The van der Waals surface area contributed by atoms with Crippen LogP contribution in [0.25, 0.3) is 6.08 Å². The van der Waals surface area contributed by atoms with Crippen LogP contribution in [0.15, 0.2) is 24.3 Å². The second kappa shape index (κ2) is 6.50. The van der Waals surface area contributed by atoms with E-state index in [9.17, 15) is 14.7 Å². The molecular formula is C15H15Cl2NO3. The molecule has 1 aromatic carbocycles. The van der Waals surface area contributed by atoms with Crippen molar-refractivity contribution in [1.29, 1.82) is 0 Å². The molecule has 6 heteroatoms. The fourth-order valence-electron chi connectivity index (χ4n) is 2.49. The van der Waals surface area contributed by atoms with Gasteiger partial charge in [-0.05, 0) is 30.5 Å². The Morgan fingerprint density at radius 1 is 1.33 bits per heavy atom. The van der Waals surface area contributed by atoms with Crippen molar-refractivity contribution in [3.05, 3.63) is 39.9 Å². The van der Waals surface area contributed by atoms with Crippen LogP contribution in [0.5, 0.6) is 0 Å². The molecule has 21 heavy (non-hydrogen) atoms. The highest BCUT2D eigenvalue weighted by Crippen LogP contribution is 2.27. The zero-order valence-electron chi connectivity index (χ0n) is 11.4. The minimum absolute atomic E-state index is 0.0521. The molecule has 0 radical (unpaired) electrons. The highest BCUT2D eigenvalue weighted by molar-refractivity contribution is 6.37. The second-order valence-electron chi connectivity index (χ2n) is 5.05. The number of carboxylic acids is 1. The minimum Gasteiger partial charge on any atom is -0.480 e. The zero-order valence-corrected chi connectivity index (χ0v) is 12.9. The molecule has 2 unspecified atom stereocenters. The van der Waals surface area contributed by atoms with Crippen LogP contribution in [0.2, 0.25) is 10.0 Å². The summed E-state index contributed by atoms with van der Waals surface area (Å²) in [6.45, 7) is 2.28. The highest BCUT2D eigenvalue weighted by Gasteiger charge is 2.38. The quantitative estimate of drug-likeness (QED) is 0.866. The predicted octanol–water partition coefficient (Wildman–Crippen LogP) is 3.33. The Kier molecular flexibility index (Phi) is 4.91. The number of aliphatic carboxylic acids is 1. The van der Waals surface area contributed by atoms with Gasteiger partial charge in [0.05, 0.1) is 0 Å². The molecule has 1 heterocycles. The number of rotatable bonds is 3. The lowest BCUT2D eigenvalue weighted by Crippen LogP contribution is -2.42. The third-order valence-electron chi connectivity index (χ3n) is 3.63. The molecule has 0 aromatic heterocycles. The van der Waals surface area contributed by atoms with Crippen molar-refractivity contribution in [3.63, 3.8) is 0 Å². The van der Waals surface area contributed by atoms with Crippen molar-refractivity contribution >= 4 is 41.2 Å². The Morgan fingerprint density at radius 3 is 2.52 bits per heavy atom. The summed E-state index contributed by atoms with van der Waals surface area (Å²) in [6.07, 6.45) is 3.53. The van der Waals surface area contributed by atoms with E-state index in [0.717, 1.165) is 0 Å². The second-order valence-corrected chi connectivity index (χ2v) is 5.86. The maximum Gasteiger partial charge on any atom is 0.326 e. The number of amides is 1. The largest absolute Gasteiger partial charge is 0.480 e. The SMILES string of the molecule is CC1CCN(C(=O)/C=C/c2c(Cl)cccc2Cl)C1C(=O)O. The summed E-state index contributed by atoms with van der Waals surface area (Å²) in [5.74, 6) is -1.37. The summed E-state index contributed by atoms with van der Waals surface area (Å²) < 4.78 is 0. The smallest absolute Gasteiger partial charge is 0.326 e. The molecule has 1 amide bonds. The Morgan fingerprint density at radius 2 is 1.95 bits per heavy atom. The molecule has 1 aliphatic heterocycles. The third kappa shape index (κ3) is 3.39. The standard InChI is InChI=1S/C15H15Cl2NO3/c1-9-7-8-18(14(9)15(20)21)13(19)6-5-10-11(16)3-2-4-12(10)17/h2-6,9,14H,7-8H2,1H3,(H,20,21)/b6-5+. The van der Waals surface area contributed by atoms with Crippen LogP contribution in [-0.4, -0.2) is 34.5 Å². The maximum atomic E-state index is 12.2. The van der Waals surface area contributed by atoms with Crippen molar-refractivity contribution in [1.82, 2.24) is 4.90 Å². The maximum absolute atomic E-state index is 12.2. The fourth-order valence-corrected chi connectivity index (χ4v) is 3.01. The van der Waals surface area contributed by atoms with Gasteiger partial charge in [-0.2, -0.15) is 0 Å². The summed E-state index contributed by atoms with van der Waals surface area (Å²) in [4.78, 5) is 24.8. The number of likely N-dealkylation sites (tertiary alicyclic amines) is 1. The van der Waals surface area contributed by atoms with Gasteiger partial charge >= 0.3 is 5.97 Å². The van der Waals surface area contributed by atoms with Crippen LogP contribution in [0, 0.1) is 5.92 Å². The van der Waals surface area contributed by atoms with E-state index in [1.54, 1.807) is 18.2 Å². The van der Waals surface area contributed by atoms with E-state index in [1.807, 2.05) is 6.92 Å². The number of benzene rings is 1. The van der Waals surface area contributed by atoms with E-state index in [2.05, 4.69) is 0 Å². The van der Waals surface area contributed by atoms with Crippen molar-refractivity contribution in [3.8, 4) is 0 Å². The first-order chi connectivity index (χ1) is 9.91. The van der Waals surface area contributed by atoms with Crippen LogP contribution in [-0.2, 0) is 9.59 Å². The average molecular weight is 328 g/mol. The Hall–Kier alpha value is -1.52. The number of carbonyl (C=O) groups excluding carboxylic acids is 1. The van der Waals surface area contributed by atoms with E-state index in [0.29, 0.717) is 28.6 Å². The van der Waals surface area contributed by atoms with Gasteiger partial charge in [-0.3, -0.25) is 4.79 Å². The lowest BCUT2D eigenvalue weighted by atomic mass is 10.0. The first-order valence-corrected chi connectivity index (χ1v) is 7.33. The molecule has 0 spiro atoms. The number of hydrogen-bond donors (Lipinski definition) is 1. The van der Waals surface area contributed by atoms with Crippen LogP contribution < -0.4 is 0 Å². The van der Waals surface area contributed by atoms with Crippen LogP contribution in [0.4, 0.5) is 0 Å².